The van der Waals surface area contributed by atoms with Gasteiger partial charge in [0.25, 0.3) is 0 Å². The van der Waals surface area contributed by atoms with Gasteiger partial charge in [-0.15, -0.1) is 0 Å². The second kappa shape index (κ2) is 56.7. The summed E-state index contributed by atoms with van der Waals surface area (Å²) in [4.78, 5) is 38.1. The highest BCUT2D eigenvalue weighted by atomic mass is 16.6. The molecule has 0 spiro atoms. The molecule has 69 heavy (non-hydrogen) atoms. The number of carbonyl (C=O) groups excluding carboxylic acids is 3. The molecule has 0 fully saturated rings. The van der Waals surface area contributed by atoms with Crippen molar-refractivity contribution >= 4 is 17.9 Å². The van der Waals surface area contributed by atoms with E-state index in [1.165, 1.54) is 103 Å². The van der Waals surface area contributed by atoms with Crippen LogP contribution in [-0.2, 0) is 28.6 Å². The lowest BCUT2D eigenvalue weighted by molar-refractivity contribution is -0.166. The van der Waals surface area contributed by atoms with Crippen molar-refractivity contribution < 1.29 is 28.6 Å². The average Bonchev–Trinajstić information content (AvgIpc) is 3.35. The average molecular weight is 958 g/mol. The lowest BCUT2D eigenvalue weighted by Gasteiger charge is -2.18. The van der Waals surface area contributed by atoms with Crippen molar-refractivity contribution in [3.05, 3.63) is 109 Å². The van der Waals surface area contributed by atoms with Crippen LogP contribution in [0.15, 0.2) is 109 Å². The summed E-state index contributed by atoms with van der Waals surface area (Å²) in [6.07, 6.45) is 76.6. The molecule has 0 bridgehead atoms. The van der Waals surface area contributed by atoms with Crippen LogP contribution >= 0.6 is 0 Å². The second-order valence-corrected chi connectivity index (χ2v) is 18.5. The minimum absolute atomic E-state index is 0.114. The maximum Gasteiger partial charge on any atom is 0.306 e. The number of unbranched alkanes of at least 4 members (excludes halogenated alkanes) is 22. The van der Waals surface area contributed by atoms with E-state index >= 15 is 0 Å². The highest BCUT2D eigenvalue weighted by molar-refractivity contribution is 5.71. The van der Waals surface area contributed by atoms with E-state index < -0.39 is 6.10 Å². The first kappa shape index (κ1) is 65.1. The molecule has 0 aliphatic rings. The van der Waals surface area contributed by atoms with Gasteiger partial charge in [0.15, 0.2) is 6.10 Å². The summed E-state index contributed by atoms with van der Waals surface area (Å²) in [5.41, 5.74) is 0. The van der Waals surface area contributed by atoms with Crippen LogP contribution in [0.25, 0.3) is 0 Å². The highest BCUT2D eigenvalue weighted by Gasteiger charge is 2.19. The summed E-state index contributed by atoms with van der Waals surface area (Å²) in [5.74, 6) is -1.02. The fourth-order valence-electron chi connectivity index (χ4n) is 7.51. The van der Waals surface area contributed by atoms with Crippen LogP contribution in [-0.4, -0.2) is 37.2 Å². The molecule has 0 rings (SSSR count). The zero-order valence-electron chi connectivity index (χ0n) is 44.8. The van der Waals surface area contributed by atoms with E-state index in [0.717, 1.165) is 103 Å². The van der Waals surface area contributed by atoms with Gasteiger partial charge in [0.05, 0.1) is 0 Å². The van der Waals surface area contributed by atoms with Gasteiger partial charge in [0, 0.05) is 19.3 Å². The Hall–Kier alpha value is -3.93. The van der Waals surface area contributed by atoms with Gasteiger partial charge < -0.3 is 14.2 Å². The van der Waals surface area contributed by atoms with Crippen molar-refractivity contribution in [2.24, 2.45) is 0 Å². The Morgan fingerprint density at radius 3 is 1.09 bits per heavy atom. The van der Waals surface area contributed by atoms with E-state index in [9.17, 15) is 14.4 Å². The fraction of sp³-hybridized carbons (Fsp3) is 0.667. The first-order valence-corrected chi connectivity index (χ1v) is 28.4. The van der Waals surface area contributed by atoms with Crippen molar-refractivity contribution in [3.63, 3.8) is 0 Å². The largest absolute Gasteiger partial charge is 0.462 e. The van der Waals surface area contributed by atoms with Crippen molar-refractivity contribution in [1.82, 2.24) is 0 Å². The van der Waals surface area contributed by atoms with E-state index in [1.807, 2.05) is 6.08 Å². The van der Waals surface area contributed by atoms with E-state index in [4.69, 9.17) is 14.2 Å². The molecule has 0 heterocycles. The van der Waals surface area contributed by atoms with Crippen LogP contribution in [0.1, 0.15) is 252 Å². The van der Waals surface area contributed by atoms with Crippen LogP contribution in [0.3, 0.4) is 0 Å². The number of ether oxygens (including phenoxy) is 3. The van der Waals surface area contributed by atoms with Gasteiger partial charge >= 0.3 is 17.9 Å². The van der Waals surface area contributed by atoms with Gasteiger partial charge in [0.2, 0.25) is 0 Å². The molecular formula is C63H104O6. The molecule has 0 aromatic rings. The summed E-state index contributed by atoms with van der Waals surface area (Å²) in [6, 6.07) is 0. The Kier molecular flexibility index (Phi) is 53.4. The smallest absolute Gasteiger partial charge is 0.306 e. The van der Waals surface area contributed by atoms with Crippen molar-refractivity contribution in [1.29, 1.82) is 0 Å². The molecule has 6 heteroatoms. The third kappa shape index (κ3) is 54.9. The molecular weight excluding hydrogens is 853 g/mol. The van der Waals surface area contributed by atoms with Crippen LogP contribution in [0.5, 0.6) is 0 Å². The Morgan fingerprint density at radius 2 is 0.638 bits per heavy atom. The van der Waals surface area contributed by atoms with Crippen LogP contribution in [0.2, 0.25) is 0 Å². The molecule has 0 saturated carbocycles. The lowest BCUT2D eigenvalue weighted by Crippen LogP contribution is -2.30. The molecule has 0 aromatic carbocycles. The molecule has 0 aliphatic carbocycles. The maximum absolute atomic E-state index is 12.9. The molecule has 6 nitrogen and oxygen atoms in total. The van der Waals surface area contributed by atoms with Gasteiger partial charge in [-0.1, -0.05) is 233 Å². The maximum atomic E-state index is 12.9. The van der Waals surface area contributed by atoms with Crippen LogP contribution < -0.4 is 0 Å². The van der Waals surface area contributed by atoms with Gasteiger partial charge in [0.1, 0.15) is 13.2 Å². The van der Waals surface area contributed by atoms with Gasteiger partial charge in [-0.2, -0.15) is 0 Å². The van der Waals surface area contributed by atoms with E-state index in [0.29, 0.717) is 19.3 Å². The minimum atomic E-state index is -0.821. The molecule has 0 radical (unpaired) electrons. The third-order valence-electron chi connectivity index (χ3n) is 11.8. The molecule has 1 atom stereocenters. The summed E-state index contributed by atoms with van der Waals surface area (Å²) >= 11 is 0. The fourth-order valence-corrected chi connectivity index (χ4v) is 7.51. The summed E-state index contributed by atoms with van der Waals surface area (Å²) < 4.78 is 16.8. The van der Waals surface area contributed by atoms with Crippen LogP contribution in [0, 0.1) is 0 Å². The second-order valence-electron chi connectivity index (χ2n) is 18.5. The number of esters is 3. The predicted octanol–water partition coefficient (Wildman–Crippen LogP) is 19.1. The number of hydrogen-bond donors (Lipinski definition) is 0. The number of carbonyl (C=O) groups is 3. The first-order chi connectivity index (χ1) is 34.0. The Bertz CT molecular complexity index is 1420. The number of allylic oxidation sites excluding steroid dienone is 18. The summed E-state index contributed by atoms with van der Waals surface area (Å²) in [5, 5.41) is 0. The summed E-state index contributed by atoms with van der Waals surface area (Å²) in [7, 11) is 0. The molecule has 0 saturated heterocycles. The third-order valence-corrected chi connectivity index (χ3v) is 11.8. The molecule has 0 aliphatic heterocycles. The number of rotatable bonds is 50. The number of hydrogen-bond acceptors (Lipinski definition) is 6. The summed E-state index contributed by atoms with van der Waals surface area (Å²) in [6.45, 7) is 6.41. The van der Waals surface area contributed by atoms with Crippen molar-refractivity contribution in [2.45, 2.75) is 258 Å². The topological polar surface area (TPSA) is 78.9 Å². The SMILES string of the molecule is CC/C=C\C/C=C\C/C=C\C/C=C\C/C=C\CCC(=O)OCC(COC(=O)CCCCCCC/C=C\C=C/CCCCCCCCC)OC(=O)CCCCCCCCC/C=C\C/C=C\CCCCC. The molecule has 1 unspecified atom stereocenters. The lowest BCUT2D eigenvalue weighted by atomic mass is 10.1. The zero-order valence-corrected chi connectivity index (χ0v) is 44.8. The molecule has 0 aromatic heterocycles. The predicted molar refractivity (Wildman–Crippen MR) is 297 cm³/mol. The van der Waals surface area contributed by atoms with E-state index in [2.05, 4.69) is 124 Å². The molecule has 392 valence electrons. The van der Waals surface area contributed by atoms with E-state index in [-0.39, 0.29) is 37.5 Å². The zero-order chi connectivity index (χ0) is 50.0. The monoisotopic (exact) mass is 957 g/mol. The minimum Gasteiger partial charge on any atom is -0.462 e. The van der Waals surface area contributed by atoms with Crippen molar-refractivity contribution in [2.75, 3.05) is 13.2 Å². The Labute approximate surface area is 425 Å². The van der Waals surface area contributed by atoms with E-state index in [1.54, 1.807) is 0 Å². The molecule has 0 amide bonds. The Balaban J connectivity index is 4.53. The standard InChI is InChI=1S/C63H104O6/c1-4-7-10-13-16-19-22-25-28-31-33-35-38-41-44-47-50-53-56-62(65)68-59-60(58-67-61(64)55-52-49-46-43-40-37-34-30-27-24-21-18-15-12-9-6-3)69-63(66)57-54-51-48-45-42-39-36-32-29-26-23-20-17-14-11-8-5-2/h9,12,17-18,20-21,26-31,33,35,37,40,46,49,60H,4-8,10-11,13-16,19,22-25,32,34,36,38-39,41-45,47-48,50-59H2,1-3H3/b12-9-,20-17-,21-18-,29-26-,30-27-,31-28-,35-33-,40-37-,49-46-. The highest BCUT2D eigenvalue weighted by Crippen LogP contribution is 2.14. The Morgan fingerprint density at radius 1 is 0.319 bits per heavy atom. The quantitative estimate of drug-likeness (QED) is 0.0199. The molecule has 0 N–H and O–H groups in total. The first-order valence-electron chi connectivity index (χ1n) is 28.4. The van der Waals surface area contributed by atoms with Crippen molar-refractivity contribution in [3.8, 4) is 0 Å². The van der Waals surface area contributed by atoms with Gasteiger partial charge in [-0.05, 0) is 109 Å². The van der Waals surface area contributed by atoms with Gasteiger partial charge in [-0.3, -0.25) is 14.4 Å². The van der Waals surface area contributed by atoms with Crippen LogP contribution in [0.4, 0.5) is 0 Å². The normalized spacial score (nSPS) is 12.9. The van der Waals surface area contributed by atoms with Gasteiger partial charge in [-0.25, -0.2) is 0 Å².